The van der Waals surface area contributed by atoms with Gasteiger partial charge in [0.05, 0.1) is 12.5 Å². The van der Waals surface area contributed by atoms with E-state index >= 15 is 0 Å². The van der Waals surface area contributed by atoms with Crippen molar-refractivity contribution in [3.63, 3.8) is 0 Å². The number of rotatable bonds is 3. The summed E-state index contributed by atoms with van der Waals surface area (Å²) in [7, 11) is 0. The molecule has 0 aliphatic carbocycles. The lowest BCUT2D eigenvalue weighted by Gasteiger charge is -1.80. The van der Waals surface area contributed by atoms with Gasteiger partial charge in [-0.2, -0.15) is 0 Å². The van der Waals surface area contributed by atoms with E-state index in [1.165, 1.54) is 12.5 Å². The topological polar surface area (TPSA) is 9.23 Å². The lowest BCUT2D eigenvalue weighted by atomic mass is 10.6. The van der Waals surface area contributed by atoms with Gasteiger partial charge in [-0.3, -0.25) is 0 Å². The zero-order chi connectivity index (χ0) is 7.54. The van der Waals surface area contributed by atoms with Crippen LogP contribution in [0.5, 0.6) is 0 Å². The van der Waals surface area contributed by atoms with E-state index in [4.69, 9.17) is 0 Å². The fourth-order valence-corrected chi connectivity index (χ4v) is 0.156. The van der Waals surface area contributed by atoms with Gasteiger partial charge in [0.2, 0.25) is 0 Å². The van der Waals surface area contributed by atoms with Crippen LogP contribution in [0, 0.1) is 0 Å². The molecule has 0 saturated carbocycles. The summed E-state index contributed by atoms with van der Waals surface area (Å²) in [6.45, 7) is 10.8. The Balaban J connectivity index is 0. The Morgan fingerprint density at radius 3 is 2.11 bits per heavy atom. The maximum absolute atomic E-state index is 4.59. The number of allylic oxidation sites excluding steroid dienone is 2. The second-order valence-corrected chi connectivity index (χ2v) is 0.867. The first kappa shape index (κ1) is 10.9. The van der Waals surface area contributed by atoms with Crippen LogP contribution < -0.4 is 0 Å². The van der Waals surface area contributed by atoms with Crippen molar-refractivity contribution in [3.05, 3.63) is 37.8 Å². The monoisotopic (exact) mass is 126 g/mol. The Morgan fingerprint density at radius 1 is 1.22 bits per heavy atom. The maximum atomic E-state index is 4.59. The van der Waals surface area contributed by atoms with Gasteiger partial charge in [0.1, 0.15) is 0 Å². The van der Waals surface area contributed by atoms with Crippen LogP contribution in [0.4, 0.5) is 0 Å². The summed E-state index contributed by atoms with van der Waals surface area (Å²) in [4.78, 5) is 0. The van der Waals surface area contributed by atoms with E-state index in [1.54, 1.807) is 12.2 Å². The van der Waals surface area contributed by atoms with Gasteiger partial charge in [0.25, 0.3) is 0 Å². The van der Waals surface area contributed by atoms with Crippen LogP contribution in [0.3, 0.4) is 0 Å². The van der Waals surface area contributed by atoms with Crippen molar-refractivity contribution in [1.82, 2.24) is 0 Å². The first-order chi connectivity index (χ1) is 4.41. The van der Waals surface area contributed by atoms with E-state index in [0.717, 1.165) is 0 Å². The average Bonchev–Trinajstić information content (AvgIpc) is 1.94. The van der Waals surface area contributed by atoms with Crippen molar-refractivity contribution >= 4 is 0 Å². The van der Waals surface area contributed by atoms with Crippen molar-refractivity contribution in [2.24, 2.45) is 0 Å². The van der Waals surface area contributed by atoms with Crippen molar-refractivity contribution in [3.8, 4) is 0 Å². The summed E-state index contributed by atoms with van der Waals surface area (Å²) in [5.41, 5.74) is 0. The molecule has 0 heterocycles. The summed E-state index contributed by atoms with van der Waals surface area (Å²) in [5, 5.41) is 0. The quantitative estimate of drug-likeness (QED) is 0.417. The van der Waals surface area contributed by atoms with Crippen molar-refractivity contribution < 1.29 is 4.74 Å². The Labute approximate surface area is 57.3 Å². The van der Waals surface area contributed by atoms with Gasteiger partial charge >= 0.3 is 0 Å². The fraction of sp³-hybridized carbons (Fsp3) is 0.250. The summed E-state index contributed by atoms with van der Waals surface area (Å²) in [6, 6.07) is 0. The third-order valence-electron chi connectivity index (χ3n) is 0.389. The SMILES string of the molecule is C=C/C=C\OC=C.CC. The van der Waals surface area contributed by atoms with Crippen molar-refractivity contribution in [1.29, 1.82) is 0 Å². The lowest BCUT2D eigenvalue weighted by molar-refractivity contribution is 0.405. The van der Waals surface area contributed by atoms with E-state index < -0.39 is 0 Å². The van der Waals surface area contributed by atoms with Gasteiger partial charge in [0, 0.05) is 0 Å². The van der Waals surface area contributed by atoms with Gasteiger partial charge in [-0.25, -0.2) is 0 Å². The maximum Gasteiger partial charge on any atom is 0.0900 e. The molecule has 0 aromatic heterocycles. The van der Waals surface area contributed by atoms with E-state index in [0.29, 0.717) is 0 Å². The van der Waals surface area contributed by atoms with E-state index in [9.17, 15) is 0 Å². The smallest absolute Gasteiger partial charge is 0.0900 e. The normalized spacial score (nSPS) is 7.33. The first-order valence-electron chi connectivity index (χ1n) is 2.95. The number of ether oxygens (including phenoxy) is 1. The molecule has 0 bridgehead atoms. The third-order valence-corrected chi connectivity index (χ3v) is 0.389. The molecular weight excluding hydrogens is 112 g/mol. The largest absolute Gasteiger partial charge is 0.473 e. The minimum absolute atomic E-state index is 1.35. The first-order valence-corrected chi connectivity index (χ1v) is 2.95. The molecule has 0 saturated heterocycles. The summed E-state index contributed by atoms with van der Waals surface area (Å²) in [6.07, 6.45) is 6.16. The number of hydrogen-bond donors (Lipinski definition) is 0. The van der Waals surface area contributed by atoms with Crippen LogP contribution in [0.1, 0.15) is 13.8 Å². The molecule has 0 aliphatic heterocycles. The predicted molar refractivity (Wildman–Crippen MR) is 42.0 cm³/mol. The molecular formula is C8H14O. The van der Waals surface area contributed by atoms with Crippen LogP contribution in [0.25, 0.3) is 0 Å². The predicted octanol–water partition coefficient (Wildman–Crippen LogP) is 2.87. The molecule has 0 fully saturated rings. The highest BCUT2D eigenvalue weighted by Crippen LogP contribution is 1.75. The summed E-state index contributed by atoms with van der Waals surface area (Å²) < 4.78 is 4.59. The fourth-order valence-electron chi connectivity index (χ4n) is 0.156. The Kier molecular flexibility index (Phi) is 19.1. The molecule has 0 aliphatic rings. The summed E-state index contributed by atoms with van der Waals surface area (Å²) >= 11 is 0. The Bertz CT molecular complexity index is 82.6. The molecule has 1 heteroatoms. The molecule has 0 unspecified atom stereocenters. The number of hydrogen-bond acceptors (Lipinski definition) is 1. The second kappa shape index (κ2) is 15.7. The molecule has 0 N–H and O–H groups in total. The zero-order valence-electron chi connectivity index (χ0n) is 6.13. The van der Waals surface area contributed by atoms with Gasteiger partial charge in [-0.15, -0.1) is 0 Å². The van der Waals surface area contributed by atoms with Crippen molar-refractivity contribution in [2.75, 3.05) is 0 Å². The minimum Gasteiger partial charge on any atom is -0.473 e. The van der Waals surface area contributed by atoms with Crippen LogP contribution in [0.2, 0.25) is 0 Å². The van der Waals surface area contributed by atoms with Gasteiger partial charge in [-0.05, 0) is 6.08 Å². The van der Waals surface area contributed by atoms with E-state index in [2.05, 4.69) is 17.9 Å². The third kappa shape index (κ3) is 19.4. The molecule has 0 aromatic carbocycles. The molecule has 0 spiro atoms. The Morgan fingerprint density at radius 2 is 1.78 bits per heavy atom. The van der Waals surface area contributed by atoms with Crippen LogP contribution in [-0.2, 0) is 4.74 Å². The Hall–Kier alpha value is -0.980. The molecule has 0 amide bonds. The van der Waals surface area contributed by atoms with Crippen LogP contribution in [-0.4, -0.2) is 0 Å². The average molecular weight is 126 g/mol. The molecule has 0 rings (SSSR count). The van der Waals surface area contributed by atoms with Crippen molar-refractivity contribution in [2.45, 2.75) is 13.8 Å². The standard InChI is InChI=1S/C6H8O.C2H6/c1-3-5-6-7-4-2;1-2/h3-6H,1-2H2;1-2H3/b6-5-;. The highest BCUT2D eigenvalue weighted by Gasteiger charge is 1.56. The minimum atomic E-state index is 1.35. The van der Waals surface area contributed by atoms with E-state index in [1.807, 2.05) is 13.8 Å². The van der Waals surface area contributed by atoms with Crippen LogP contribution >= 0.6 is 0 Å². The lowest BCUT2D eigenvalue weighted by Crippen LogP contribution is -1.57. The van der Waals surface area contributed by atoms with Gasteiger partial charge in [-0.1, -0.05) is 33.1 Å². The zero-order valence-corrected chi connectivity index (χ0v) is 6.13. The molecule has 0 atom stereocenters. The van der Waals surface area contributed by atoms with Crippen LogP contribution in [0.15, 0.2) is 37.8 Å². The van der Waals surface area contributed by atoms with Gasteiger partial charge < -0.3 is 4.74 Å². The molecule has 1 nitrogen and oxygen atoms in total. The molecule has 0 radical (unpaired) electrons. The summed E-state index contributed by atoms with van der Waals surface area (Å²) in [5.74, 6) is 0. The molecule has 52 valence electrons. The molecule has 9 heavy (non-hydrogen) atoms. The molecule has 0 aromatic rings. The van der Waals surface area contributed by atoms with Gasteiger partial charge in [0.15, 0.2) is 0 Å². The van der Waals surface area contributed by atoms with E-state index in [-0.39, 0.29) is 0 Å². The second-order valence-electron chi connectivity index (χ2n) is 0.867. The highest BCUT2D eigenvalue weighted by molar-refractivity contribution is 4.93. The highest BCUT2D eigenvalue weighted by atomic mass is 16.5.